The Morgan fingerprint density at radius 2 is 1.89 bits per heavy atom. The van der Waals surface area contributed by atoms with Gasteiger partial charge >= 0.3 is 6.09 Å². The SMILES string of the molecule is CN1C(=O)O/C(=C\c2ccncc2)c2ccccc21. The summed E-state index contributed by atoms with van der Waals surface area (Å²) in [5, 5.41) is 0. The van der Waals surface area contributed by atoms with E-state index in [9.17, 15) is 4.79 Å². The van der Waals surface area contributed by atoms with Crippen LogP contribution in [0.25, 0.3) is 11.8 Å². The molecule has 0 spiro atoms. The number of nitrogens with zero attached hydrogens (tertiary/aromatic N) is 2. The van der Waals surface area contributed by atoms with Crippen LogP contribution in [0.1, 0.15) is 11.1 Å². The number of carbonyl (C=O) groups is 1. The zero-order valence-electron chi connectivity index (χ0n) is 10.4. The zero-order valence-corrected chi connectivity index (χ0v) is 10.4. The minimum atomic E-state index is -0.376. The molecule has 94 valence electrons. The first-order valence-electron chi connectivity index (χ1n) is 5.92. The Morgan fingerprint density at radius 1 is 1.16 bits per heavy atom. The highest BCUT2D eigenvalue weighted by molar-refractivity contribution is 6.01. The van der Waals surface area contributed by atoms with Crippen LogP contribution in [-0.4, -0.2) is 18.1 Å². The van der Waals surface area contributed by atoms with Crippen LogP contribution in [0.4, 0.5) is 10.5 Å². The molecule has 0 atom stereocenters. The molecule has 1 aliphatic heterocycles. The zero-order chi connectivity index (χ0) is 13.2. The molecule has 4 nitrogen and oxygen atoms in total. The molecule has 0 bridgehead atoms. The second kappa shape index (κ2) is 4.57. The van der Waals surface area contributed by atoms with Crippen molar-refractivity contribution in [2.45, 2.75) is 0 Å². The van der Waals surface area contributed by atoms with Crippen molar-refractivity contribution in [1.82, 2.24) is 4.98 Å². The van der Waals surface area contributed by atoms with Crippen LogP contribution in [0, 0.1) is 0 Å². The van der Waals surface area contributed by atoms with Gasteiger partial charge in [0.25, 0.3) is 0 Å². The third-order valence-electron chi connectivity index (χ3n) is 3.01. The molecule has 0 saturated carbocycles. The molecule has 2 heterocycles. The van der Waals surface area contributed by atoms with Crippen LogP contribution in [0.3, 0.4) is 0 Å². The van der Waals surface area contributed by atoms with Crippen LogP contribution in [0.2, 0.25) is 0 Å². The Hall–Kier alpha value is -2.62. The van der Waals surface area contributed by atoms with Crippen molar-refractivity contribution in [3.05, 3.63) is 59.9 Å². The number of hydrogen-bond donors (Lipinski definition) is 0. The normalized spacial score (nSPS) is 16.2. The molecular weight excluding hydrogens is 240 g/mol. The molecule has 3 rings (SSSR count). The number of amides is 1. The van der Waals surface area contributed by atoms with E-state index in [0.29, 0.717) is 5.76 Å². The van der Waals surface area contributed by atoms with Crippen molar-refractivity contribution in [2.75, 3.05) is 11.9 Å². The Kier molecular flexibility index (Phi) is 2.76. The van der Waals surface area contributed by atoms with Crippen molar-refractivity contribution in [2.24, 2.45) is 0 Å². The molecule has 19 heavy (non-hydrogen) atoms. The maximum Gasteiger partial charge on any atom is 0.419 e. The average Bonchev–Trinajstić information content (AvgIpc) is 2.46. The van der Waals surface area contributed by atoms with Crippen molar-refractivity contribution in [3.8, 4) is 0 Å². The monoisotopic (exact) mass is 252 g/mol. The first-order chi connectivity index (χ1) is 9.25. The maximum atomic E-state index is 11.8. The van der Waals surface area contributed by atoms with Gasteiger partial charge in [-0.2, -0.15) is 0 Å². The van der Waals surface area contributed by atoms with Crippen LogP contribution in [0.5, 0.6) is 0 Å². The molecule has 0 aliphatic carbocycles. The fraction of sp³-hybridized carbons (Fsp3) is 0.0667. The topological polar surface area (TPSA) is 42.4 Å². The third-order valence-corrected chi connectivity index (χ3v) is 3.01. The van der Waals surface area contributed by atoms with Crippen molar-refractivity contribution >= 4 is 23.6 Å². The summed E-state index contributed by atoms with van der Waals surface area (Å²) >= 11 is 0. The standard InChI is InChI=1S/C15H12N2O2/c1-17-13-5-3-2-4-12(13)14(19-15(17)18)10-11-6-8-16-9-7-11/h2-10H,1H3/b14-10-. The highest BCUT2D eigenvalue weighted by atomic mass is 16.6. The average molecular weight is 252 g/mol. The Bertz CT molecular complexity index is 650. The summed E-state index contributed by atoms with van der Waals surface area (Å²) in [6, 6.07) is 11.4. The van der Waals surface area contributed by atoms with Crippen molar-refractivity contribution in [3.63, 3.8) is 0 Å². The van der Waals surface area contributed by atoms with Gasteiger partial charge in [0.15, 0.2) is 0 Å². The molecule has 1 aromatic heterocycles. The van der Waals surface area contributed by atoms with Gasteiger partial charge in [0.05, 0.1) is 5.69 Å². The second-order valence-corrected chi connectivity index (χ2v) is 4.23. The molecule has 1 aliphatic rings. The minimum absolute atomic E-state index is 0.376. The fourth-order valence-corrected chi connectivity index (χ4v) is 2.01. The molecular formula is C15H12N2O2. The lowest BCUT2D eigenvalue weighted by Crippen LogP contribution is -2.31. The fourth-order valence-electron chi connectivity index (χ4n) is 2.01. The van der Waals surface area contributed by atoms with Crippen LogP contribution >= 0.6 is 0 Å². The van der Waals surface area contributed by atoms with E-state index in [1.54, 1.807) is 19.4 Å². The quantitative estimate of drug-likeness (QED) is 0.782. The van der Waals surface area contributed by atoms with Gasteiger partial charge in [0, 0.05) is 25.0 Å². The minimum Gasteiger partial charge on any atom is -0.409 e. The number of anilines is 1. The van der Waals surface area contributed by atoms with Crippen molar-refractivity contribution in [1.29, 1.82) is 0 Å². The number of hydrogen-bond acceptors (Lipinski definition) is 3. The first kappa shape index (κ1) is 11.5. The van der Waals surface area contributed by atoms with Gasteiger partial charge in [-0.25, -0.2) is 4.79 Å². The van der Waals surface area contributed by atoms with E-state index < -0.39 is 0 Å². The highest BCUT2D eigenvalue weighted by Gasteiger charge is 2.25. The predicted molar refractivity (Wildman–Crippen MR) is 73.4 cm³/mol. The second-order valence-electron chi connectivity index (χ2n) is 4.23. The highest BCUT2D eigenvalue weighted by Crippen LogP contribution is 2.33. The lowest BCUT2D eigenvalue weighted by molar-refractivity contribution is 0.199. The molecule has 1 aromatic carbocycles. The number of benzene rings is 1. The summed E-state index contributed by atoms with van der Waals surface area (Å²) in [6.07, 6.45) is 4.87. The van der Waals surface area contributed by atoms with Crippen molar-refractivity contribution < 1.29 is 9.53 Å². The summed E-state index contributed by atoms with van der Waals surface area (Å²) in [5.74, 6) is 0.560. The lowest BCUT2D eigenvalue weighted by atomic mass is 10.1. The first-order valence-corrected chi connectivity index (χ1v) is 5.92. The van der Waals surface area contributed by atoms with Crippen LogP contribution < -0.4 is 4.90 Å². The van der Waals surface area contributed by atoms with E-state index in [-0.39, 0.29) is 6.09 Å². The van der Waals surface area contributed by atoms with Gasteiger partial charge in [-0.05, 0) is 35.9 Å². The molecule has 0 N–H and O–H groups in total. The van der Waals surface area contributed by atoms with Gasteiger partial charge in [-0.1, -0.05) is 12.1 Å². The Balaban J connectivity index is 2.11. The third kappa shape index (κ3) is 2.08. The molecule has 1 amide bonds. The van der Waals surface area contributed by atoms with Crippen LogP contribution in [-0.2, 0) is 4.74 Å². The molecule has 4 heteroatoms. The van der Waals surface area contributed by atoms with E-state index in [0.717, 1.165) is 16.8 Å². The summed E-state index contributed by atoms with van der Waals surface area (Å²) in [5.41, 5.74) is 2.69. The number of aromatic nitrogens is 1. The van der Waals surface area contributed by atoms with E-state index in [1.165, 1.54) is 4.90 Å². The Morgan fingerprint density at radius 3 is 2.68 bits per heavy atom. The number of fused-ring (bicyclic) bond motifs is 1. The molecule has 0 fully saturated rings. The van der Waals surface area contributed by atoms with E-state index in [1.807, 2.05) is 42.5 Å². The number of carbonyl (C=O) groups excluding carboxylic acids is 1. The van der Waals surface area contributed by atoms with E-state index in [4.69, 9.17) is 4.74 Å². The van der Waals surface area contributed by atoms with Gasteiger partial charge in [-0.3, -0.25) is 9.88 Å². The summed E-state index contributed by atoms with van der Waals surface area (Å²) in [6.45, 7) is 0. The largest absolute Gasteiger partial charge is 0.419 e. The molecule has 0 radical (unpaired) electrons. The summed E-state index contributed by atoms with van der Waals surface area (Å²) in [4.78, 5) is 17.3. The number of ether oxygens (including phenoxy) is 1. The number of pyridine rings is 1. The molecule has 0 saturated heterocycles. The van der Waals surface area contributed by atoms with Gasteiger partial charge in [0.1, 0.15) is 5.76 Å². The van der Waals surface area contributed by atoms with Gasteiger partial charge < -0.3 is 4.74 Å². The number of rotatable bonds is 1. The van der Waals surface area contributed by atoms with E-state index in [2.05, 4.69) is 4.98 Å². The summed E-state index contributed by atoms with van der Waals surface area (Å²) < 4.78 is 5.36. The molecule has 2 aromatic rings. The number of para-hydroxylation sites is 1. The number of cyclic esters (lactones) is 1. The predicted octanol–water partition coefficient (Wildman–Crippen LogP) is 3.17. The Labute approximate surface area is 111 Å². The van der Waals surface area contributed by atoms with Crippen LogP contribution in [0.15, 0.2) is 48.8 Å². The van der Waals surface area contributed by atoms with Gasteiger partial charge in [0.2, 0.25) is 0 Å². The summed E-state index contributed by atoms with van der Waals surface area (Å²) in [7, 11) is 1.70. The lowest BCUT2D eigenvalue weighted by Gasteiger charge is -2.26. The van der Waals surface area contributed by atoms with E-state index >= 15 is 0 Å². The smallest absolute Gasteiger partial charge is 0.409 e. The maximum absolute atomic E-state index is 11.8. The van der Waals surface area contributed by atoms with Gasteiger partial charge in [-0.15, -0.1) is 0 Å². The molecule has 0 unspecified atom stereocenters.